The fraction of sp³-hybridized carbons (Fsp3) is 0.304. The van der Waals surface area contributed by atoms with Crippen molar-refractivity contribution < 1.29 is 4.79 Å². The first-order chi connectivity index (χ1) is 15.0. The summed E-state index contributed by atoms with van der Waals surface area (Å²) in [5, 5.41) is 4.18. The Morgan fingerprint density at radius 2 is 1.97 bits per heavy atom. The molecule has 2 aromatic heterocycles. The maximum Gasteiger partial charge on any atom is 0.349 e. The van der Waals surface area contributed by atoms with Gasteiger partial charge in [-0.2, -0.15) is 4.98 Å². The second-order valence-electron chi connectivity index (χ2n) is 7.52. The van der Waals surface area contributed by atoms with Crippen LogP contribution in [0.4, 0.5) is 5.69 Å². The van der Waals surface area contributed by atoms with Gasteiger partial charge in [0.05, 0.1) is 12.3 Å². The Bertz CT molecular complexity index is 1160. The molecule has 6 nitrogen and oxygen atoms in total. The van der Waals surface area contributed by atoms with E-state index in [9.17, 15) is 9.59 Å². The largest absolute Gasteiger partial charge is 0.349 e. The molecule has 0 fully saturated rings. The molecule has 0 unspecified atom stereocenters. The highest BCUT2D eigenvalue weighted by Crippen LogP contribution is 2.29. The number of thioether (sulfide) groups is 1. The van der Waals surface area contributed by atoms with Gasteiger partial charge in [-0.1, -0.05) is 29.4 Å². The van der Waals surface area contributed by atoms with E-state index in [1.807, 2.05) is 25.1 Å². The van der Waals surface area contributed by atoms with Gasteiger partial charge in [0.25, 0.3) is 0 Å². The SMILES string of the molecule is Cc1c(Cl)cccc1NC(=O)CSc1nc(=O)n(Cc2ccncc2)c2c1CCCC2. The van der Waals surface area contributed by atoms with Gasteiger partial charge in [0.15, 0.2) is 0 Å². The normalized spacial score (nSPS) is 13.0. The van der Waals surface area contributed by atoms with Crippen molar-refractivity contribution >= 4 is 35.0 Å². The molecule has 1 amide bonds. The predicted molar refractivity (Wildman–Crippen MR) is 124 cm³/mol. The van der Waals surface area contributed by atoms with Crippen LogP contribution in [0.15, 0.2) is 52.5 Å². The second-order valence-corrected chi connectivity index (χ2v) is 8.89. The minimum absolute atomic E-state index is 0.150. The maximum atomic E-state index is 12.8. The smallest absolute Gasteiger partial charge is 0.325 e. The molecule has 160 valence electrons. The van der Waals surface area contributed by atoms with Gasteiger partial charge in [-0.05, 0) is 68.0 Å². The molecule has 0 atom stereocenters. The highest BCUT2D eigenvalue weighted by atomic mass is 35.5. The third kappa shape index (κ3) is 4.99. The highest BCUT2D eigenvalue weighted by Gasteiger charge is 2.21. The molecular weight excluding hydrogens is 432 g/mol. The van der Waals surface area contributed by atoms with Crippen molar-refractivity contribution in [2.45, 2.75) is 44.2 Å². The van der Waals surface area contributed by atoms with E-state index < -0.39 is 0 Å². The van der Waals surface area contributed by atoms with Crippen molar-refractivity contribution in [3.63, 3.8) is 0 Å². The predicted octanol–water partition coefficient (Wildman–Crippen LogP) is 4.26. The summed E-state index contributed by atoms with van der Waals surface area (Å²) < 4.78 is 1.77. The molecule has 2 heterocycles. The van der Waals surface area contributed by atoms with Crippen LogP contribution < -0.4 is 11.0 Å². The van der Waals surface area contributed by atoms with E-state index in [2.05, 4.69) is 15.3 Å². The highest BCUT2D eigenvalue weighted by molar-refractivity contribution is 8.00. The molecule has 3 aromatic rings. The Morgan fingerprint density at radius 3 is 2.77 bits per heavy atom. The molecule has 4 rings (SSSR count). The van der Waals surface area contributed by atoms with E-state index in [0.717, 1.165) is 48.1 Å². The minimum Gasteiger partial charge on any atom is -0.325 e. The van der Waals surface area contributed by atoms with E-state index in [-0.39, 0.29) is 17.3 Å². The number of aromatic nitrogens is 3. The molecule has 1 aliphatic rings. The van der Waals surface area contributed by atoms with Gasteiger partial charge in [0.2, 0.25) is 5.91 Å². The quantitative estimate of drug-likeness (QED) is 0.445. The standard InChI is InChI=1S/C23H23ClN4O2S/c1-15-18(24)6-4-7-19(15)26-21(29)14-31-22-17-5-2-3-8-20(17)28(23(30)27-22)13-16-9-11-25-12-10-16/h4,6-7,9-12H,2-3,5,8,13-14H2,1H3,(H,26,29). The lowest BCUT2D eigenvalue weighted by molar-refractivity contribution is -0.113. The topological polar surface area (TPSA) is 76.9 Å². The number of hydrogen-bond donors (Lipinski definition) is 1. The minimum atomic E-state index is -0.272. The molecule has 0 saturated carbocycles. The summed E-state index contributed by atoms with van der Waals surface area (Å²) in [4.78, 5) is 33.7. The van der Waals surface area contributed by atoms with Gasteiger partial charge >= 0.3 is 5.69 Å². The molecule has 1 aromatic carbocycles. The van der Waals surface area contributed by atoms with E-state index in [4.69, 9.17) is 11.6 Å². The van der Waals surface area contributed by atoms with Gasteiger partial charge in [-0.3, -0.25) is 14.3 Å². The third-order valence-electron chi connectivity index (χ3n) is 5.42. The lowest BCUT2D eigenvalue weighted by atomic mass is 9.97. The summed E-state index contributed by atoms with van der Waals surface area (Å²) in [6, 6.07) is 9.24. The zero-order valence-electron chi connectivity index (χ0n) is 17.2. The summed E-state index contributed by atoms with van der Waals surface area (Å²) in [7, 11) is 0. The average molecular weight is 455 g/mol. The summed E-state index contributed by atoms with van der Waals surface area (Å²) in [6.45, 7) is 2.35. The molecule has 1 aliphatic carbocycles. The summed E-state index contributed by atoms with van der Waals surface area (Å²) >= 11 is 7.45. The van der Waals surface area contributed by atoms with Crippen LogP contribution in [0.25, 0.3) is 0 Å². The molecule has 0 saturated heterocycles. The van der Waals surface area contributed by atoms with E-state index in [1.54, 1.807) is 29.1 Å². The number of halogens is 1. The van der Waals surface area contributed by atoms with Crippen LogP contribution in [-0.4, -0.2) is 26.2 Å². The van der Waals surface area contributed by atoms with Gasteiger partial charge in [-0.25, -0.2) is 4.79 Å². The molecule has 1 N–H and O–H groups in total. The molecule has 0 radical (unpaired) electrons. The number of nitrogens with zero attached hydrogens (tertiary/aromatic N) is 3. The Labute approximate surface area is 190 Å². The average Bonchev–Trinajstić information content (AvgIpc) is 2.78. The van der Waals surface area contributed by atoms with Crippen molar-refractivity contribution in [3.05, 3.63) is 80.6 Å². The van der Waals surface area contributed by atoms with Crippen molar-refractivity contribution in [2.24, 2.45) is 0 Å². The molecular formula is C23H23ClN4O2S. The fourth-order valence-corrected chi connectivity index (χ4v) is 4.82. The number of anilines is 1. The van der Waals surface area contributed by atoms with Crippen LogP contribution in [0.1, 0.15) is 35.2 Å². The van der Waals surface area contributed by atoms with Gasteiger partial charge in [-0.15, -0.1) is 0 Å². The molecule has 0 bridgehead atoms. The molecule has 31 heavy (non-hydrogen) atoms. The van der Waals surface area contributed by atoms with Crippen molar-refractivity contribution in [1.29, 1.82) is 0 Å². The van der Waals surface area contributed by atoms with E-state index in [1.165, 1.54) is 11.8 Å². The zero-order chi connectivity index (χ0) is 21.8. The third-order valence-corrected chi connectivity index (χ3v) is 6.85. The monoisotopic (exact) mass is 454 g/mol. The second kappa shape index (κ2) is 9.66. The van der Waals surface area contributed by atoms with E-state index in [0.29, 0.717) is 22.3 Å². The first-order valence-electron chi connectivity index (χ1n) is 10.2. The van der Waals surface area contributed by atoms with Crippen molar-refractivity contribution in [1.82, 2.24) is 14.5 Å². The zero-order valence-corrected chi connectivity index (χ0v) is 18.8. The van der Waals surface area contributed by atoms with Crippen LogP contribution in [-0.2, 0) is 24.2 Å². The Kier molecular flexibility index (Phi) is 6.73. The molecule has 0 aliphatic heterocycles. The Balaban J connectivity index is 1.53. The van der Waals surface area contributed by atoms with Crippen LogP contribution in [0, 0.1) is 6.92 Å². The van der Waals surface area contributed by atoms with Gasteiger partial charge < -0.3 is 5.32 Å². The Morgan fingerprint density at radius 1 is 1.19 bits per heavy atom. The fourth-order valence-electron chi connectivity index (χ4n) is 3.76. The van der Waals surface area contributed by atoms with Crippen molar-refractivity contribution in [2.75, 3.05) is 11.1 Å². The number of benzene rings is 1. The number of fused-ring (bicyclic) bond motifs is 1. The van der Waals surface area contributed by atoms with Crippen molar-refractivity contribution in [3.8, 4) is 0 Å². The van der Waals surface area contributed by atoms with Gasteiger partial charge in [0, 0.05) is 34.4 Å². The van der Waals surface area contributed by atoms with Crippen LogP contribution >= 0.6 is 23.4 Å². The number of nitrogens with one attached hydrogen (secondary N) is 1. The summed E-state index contributed by atoms with van der Waals surface area (Å²) in [5.74, 6) is 0.0295. The number of pyridine rings is 1. The maximum absolute atomic E-state index is 12.8. The lowest BCUT2D eigenvalue weighted by Crippen LogP contribution is -2.30. The number of rotatable bonds is 6. The van der Waals surface area contributed by atoms with E-state index >= 15 is 0 Å². The van der Waals surface area contributed by atoms with Crippen LogP contribution in [0.2, 0.25) is 5.02 Å². The lowest BCUT2D eigenvalue weighted by Gasteiger charge is -2.22. The number of amides is 1. The molecule has 0 spiro atoms. The summed E-state index contributed by atoms with van der Waals surface area (Å²) in [5.41, 5.74) is 4.40. The first kappa shape index (κ1) is 21.6. The summed E-state index contributed by atoms with van der Waals surface area (Å²) in [6.07, 6.45) is 7.28. The number of carbonyl (C=O) groups is 1. The first-order valence-corrected chi connectivity index (χ1v) is 11.6. The Hall–Kier alpha value is -2.64. The van der Waals surface area contributed by atoms with Crippen LogP contribution in [0.3, 0.4) is 0 Å². The number of carbonyl (C=O) groups excluding carboxylic acids is 1. The van der Waals surface area contributed by atoms with Crippen LogP contribution in [0.5, 0.6) is 0 Å². The number of hydrogen-bond acceptors (Lipinski definition) is 5. The van der Waals surface area contributed by atoms with Gasteiger partial charge in [0.1, 0.15) is 5.03 Å². The molecule has 8 heteroatoms.